The van der Waals surface area contributed by atoms with Crippen LogP contribution in [0.1, 0.15) is 10.4 Å². The average molecular weight is 394 g/mol. The molecule has 0 unspecified atom stereocenters. The van der Waals surface area contributed by atoms with Crippen LogP contribution >= 0.6 is 22.9 Å². The molecule has 8 heteroatoms. The van der Waals surface area contributed by atoms with Gasteiger partial charge in [0.05, 0.1) is 11.9 Å². The number of pyridine rings is 1. The van der Waals surface area contributed by atoms with E-state index in [9.17, 15) is 8.42 Å². The lowest BCUT2D eigenvalue weighted by Gasteiger charge is -2.08. The van der Waals surface area contributed by atoms with Crippen LogP contribution in [-0.4, -0.2) is 13.4 Å². The lowest BCUT2D eigenvalue weighted by Crippen LogP contribution is -2.11. The van der Waals surface area contributed by atoms with Crippen LogP contribution in [0.5, 0.6) is 0 Å². The Morgan fingerprint density at radius 2 is 1.84 bits per heavy atom. The summed E-state index contributed by atoms with van der Waals surface area (Å²) in [6.07, 6.45) is 1.49. The van der Waals surface area contributed by atoms with Gasteiger partial charge < -0.3 is 5.32 Å². The summed E-state index contributed by atoms with van der Waals surface area (Å²) in [5.41, 5.74) is 1.49. The standard InChI is InChI=1S/C17H16ClN3O2S2/c1-12-2-9-17(24-12)25(22,23)21-15-7-8-16(20-11-15)19-10-13-3-5-14(18)6-4-13/h2-9,11,21H,10H2,1H3,(H,19,20). The number of thiophene rings is 1. The maximum Gasteiger partial charge on any atom is 0.271 e. The van der Waals surface area contributed by atoms with Crippen LogP contribution < -0.4 is 10.0 Å². The molecule has 0 saturated heterocycles. The zero-order valence-electron chi connectivity index (χ0n) is 13.4. The number of benzene rings is 1. The SMILES string of the molecule is Cc1ccc(S(=O)(=O)Nc2ccc(NCc3ccc(Cl)cc3)nc2)s1. The van der Waals surface area contributed by atoms with Gasteiger partial charge in [-0.25, -0.2) is 13.4 Å². The highest BCUT2D eigenvalue weighted by Gasteiger charge is 2.16. The Hall–Kier alpha value is -2.09. The number of hydrogen-bond acceptors (Lipinski definition) is 5. The van der Waals surface area contributed by atoms with Gasteiger partial charge in [0, 0.05) is 16.4 Å². The van der Waals surface area contributed by atoms with Crippen molar-refractivity contribution < 1.29 is 8.42 Å². The fourth-order valence-corrected chi connectivity index (χ4v) is 4.57. The number of aryl methyl sites for hydroxylation is 1. The number of sulfonamides is 1. The Morgan fingerprint density at radius 3 is 2.44 bits per heavy atom. The van der Waals surface area contributed by atoms with E-state index in [0.717, 1.165) is 10.4 Å². The topological polar surface area (TPSA) is 71.1 Å². The second-order valence-electron chi connectivity index (χ2n) is 5.38. The van der Waals surface area contributed by atoms with E-state index in [1.54, 1.807) is 24.3 Å². The molecular formula is C17H16ClN3O2S2. The van der Waals surface area contributed by atoms with Gasteiger partial charge in [-0.1, -0.05) is 23.7 Å². The molecule has 0 amide bonds. The van der Waals surface area contributed by atoms with E-state index in [1.165, 1.54) is 17.5 Å². The normalized spacial score (nSPS) is 11.3. The molecule has 0 fully saturated rings. The predicted molar refractivity (Wildman–Crippen MR) is 103 cm³/mol. The summed E-state index contributed by atoms with van der Waals surface area (Å²) in [5, 5.41) is 3.87. The lowest BCUT2D eigenvalue weighted by molar-refractivity contribution is 0.603. The summed E-state index contributed by atoms with van der Waals surface area (Å²) in [6, 6.07) is 14.3. The zero-order chi connectivity index (χ0) is 17.9. The minimum Gasteiger partial charge on any atom is -0.366 e. The Bertz CT molecular complexity index is 952. The fourth-order valence-electron chi connectivity index (χ4n) is 2.12. The minimum absolute atomic E-state index is 0.287. The third-order valence-electron chi connectivity index (χ3n) is 3.38. The number of rotatable bonds is 6. The third kappa shape index (κ3) is 4.72. The molecule has 0 aliphatic rings. The smallest absolute Gasteiger partial charge is 0.271 e. The van der Waals surface area contributed by atoms with Crippen LogP contribution in [0.2, 0.25) is 5.02 Å². The number of aromatic nitrogens is 1. The van der Waals surface area contributed by atoms with E-state index in [-0.39, 0.29) is 4.21 Å². The first-order chi connectivity index (χ1) is 11.9. The van der Waals surface area contributed by atoms with Crippen LogP contribution in [0.15, 0.2) is 58.9 Å². The highest BCUT2D eigenvalue weighted by molar-refractivity contribution is 7.94. The van der Waals surface area contributed by atoms with Crippen molar-refractivity contribution in [3.8, 4) is 0 Å². The monoisotopic (exact) mass is 393 g/mol. The molecule has 0 radical (unpaired) electrons. The van der Waals surface area contributed by atoms with Crippen LogP contribution in [0.25, 0.3) is 0 Å². The molecule has 0 atom stereocenters. The van der Waals surface area contributed by atoms with Gasteiger partial charge in [-0.15, -0.1) is 11.3 Å². The molecule has 3 rings (SSSR count). The van der Waals surface area contributed by atoms with Crippen molar-refractivity contribution in [1.29, 1.82) is 0 Å². The van der Waals surface area contributed by atoms with Crippen molar-refractivity contribution in [2.45, 2.75) is 17.7 Å². The van der Waals surface area contributed by atoms with Gasteiger partial charge in [0.15, 0.2) is 0 Å². The molecule has 2 aromatic heterocycles. The molecule has 130 valence electrons. The first-order valence-electron chi connectivity index (χ1n) is 7.46. The molecule has 0 spiro atoms. The third-order valence-corrected chi connectivity index (χ3v) is 6.51. The van der Waals surface area contributed by atoms with Crippen LogP contribution in [0.4, 0.5) is 11.5 Å². The summed E-state index contributed by atoms with van der Waals surface area (Å²) in [6.45, 7) is 2.47. The number of anilines is 2. The van der Waals surface area contributed by atoms with Gasteiger partial charge in [0.25, 0.3) is 10.0 Å². The largest absolute Gasteiger partial charge is 0.366 e. The van der Waals surface area contributed by atoms with Gasteiger partial charge in [-0.05, 0) is 48.9 Å². The zero-order valence-corrected chi connectivity index (χ0v) is 15.8. The van der Waals surface area contributed by atoms with E-state index >= 15 is 0 Å². The van der Waals surface area contributed by atoms with Crippen molar-refractivity contribution in [1.82, 2.24) is 4.98 Å². The molecule has 5 nitrogen and oxygen atoms in total. The summed E-state index contributed by atoms with van der Waals surface area (Å²) >= 11 is 7.09. The molecule has 0 bridgehead atoms. The maximum atomic E-state index is 12.3. The van der Waals surface area contributed by atoms with E-state index in [2.05, 4.69) is 15.0 Å². The molecule has 0 aliphatic heterocycles. The minimum atomic E-state index is -3.57. The second kappa shape index (κ2) is 7.43. The van der Waals surface area contributed by atoms with Crippen LogP contribution in [-0.2, 0) is 16.6 Å². The van der Waals surface area contributed by atoms with Crippen molar-refractivity contribution in [2.75, 3.05) is 10.0 Å². The van der Waals surface area contributed by atoms with Gasteiger partial charge >= 0.3 is 0 Å². The fraction of sp³-hybridized carbons (Fsp3) is 0.118. The van der Waals surface area contributed by atoms with E-state index in [1.807, 2.05) is 31.2 Å². The number of nitrogens with one attached hydrogen (secondary N) is 2. The van der Waals surface area contributed by atoms with Crippen molar-refractivity contribution in [3.63, 3.8) is 0 Å². The quantitative estimate of drug-likeness (QED) is 0.646. The van der Waals surface area contributed by atoms with E-state index in [0.29, 0.717) is 23.1 Å². The van der Waals surface area contributed by atoms with Gasteiger partial charge in [0.2, 0.25) is 0 Å². The van der Waals surface area contributed by atoms with Crippen molar-refractivity contribution in [2.24, 2.45) is 0 Å². The molecule has 25 heavy (non-hydrogen) atoms. The van der Waals surface area contributed by atoms with Gasteiger partial charge in [-0.3, -0.25) is 4.72 Å². The Labute approximate surface area is 155 Å². The molecule has 2 N–H and O–H groups in total. The predicted octanol–water partition coefficient (Wildman–Crippen LogP) is 4.52. The maximum absolute atomic E-state index is 12.3. The Balaban J connectivity index is 1.63. The average Bonchev–Trinajstić information content (AvgIpc) is 3.03. The van der Waals surface area contributed by atoms with Crippen LogP contribution in [0.3, 0.4) is 0 Å². The summed E-state index contributed by atoms with van der Waals surface area (Å²) in [5.74, 6) is 0.657. The Morgan fingerprint density at radius 1 is 1.08 bits per heavy atom. The number of hydrogen-bond donors (Lipinski definition) is 2. The number of nitrogens with zero attached hydrogens (tertiary/aromatic N) is 1. The second-order valence-corrected chi connectivity index (χ2v) is 9.02. The van der Waals surface area contributed by atoms with Gasteiger partial charge in [-0.2, -0.15) is 0 Å². The molecule has 2 heterocycles. The molecule has 3 aromatic rings. The van der Waals surface area contributed by atoms with E-state index in [4.69, 9.17) is 11.6 Å². The summed E-state index contributed by atoms with van der Waals surface area (Å²) < 4.78 is 27.4. The number of halogens is 1. The highest BCUT2D eigenvalue weighted by atomic mass is 35.5. The first-order valence-corrected chi connectivity index (χ1v) is 10.1. The van der Waals surface area contributed by atoms with Crippen molar-refractivity contribution in [3.05, 3.63) is 70.2 Å². The lowest BCUT2D eigenvalue weighted by atomic mass is 10.2. The van der Waals surface area contributed by atoms with Crippen LogP contribution in [0, 0.1) is 6.92 Å². The molecule has 0 saturated carbocycles. The molecular weight excluding hydrogens is 378 g/mol. The summed E-state index contributed by atoms with van der Waals surface area (Å²) in [4.78, 5) is 5.18. The summed E-state index contributed by atoms with van der Waals surface area (Å²) in [7, 11) is -3.57. The van der Waals surface area contributed by atoms with E-state index < -0.39 is 10.0 Å². The first kappa shape index (κ1) is 17.7. The molecule has 0 aliphatic carbocycles. The van der Waals surface area contributed by atoms with Gasteiger partial charge in [0.1, 0.15) is 10.0 Å². The molecule has 1 aromatic carbocycles. The Kier molecular flexibility index (Phi) is 5.27. The highest BCUT2D eigenvalue weighted by Crippen LogP contribution is 2.23. The van der Waals surface area contributed by atoms with Crippen molar-refractivity contribution >= 4 is 44.5 Å².